The second-order valence-electron chi connectivity index (χ2n) is 17.4. The van der Waals surface area contributed by atoms with Crippen LogP contribution in [0.25, 0.3) is 0 Å². The van der Waals surface area contributed by atoms with Gasteiger partial charge < -0.3 is 20.6 Å². The Morgan fingerprint density at radius 1 is 0.389 bits per heavy atom. The third-order valence-electron chi connectivity index (χ3n) is 12.0. The topological polar surface area (TPSA) is 89.8 Å². The number of aliphatic hydroxyl groups excluding tert-OH is 3. The molecule has 0 aromatic heterocycles. The van der Waals surface area contributed by atoms with Gasteiger partial charge in [-0.05, 0) is 12.8 Å². The maximum Gasteiger partial charge on any atom is 0.220 e. The quantitative estimate of drug-likeness (QED) is 0.0465. The van der Waals surface area contributed by atoms with E-state index in [-0.39, 0.29) is 12.5 Å². The fourth-order valence-corrected chi connectivity index (χ4v) is 8.11. The maximum atomic E-state index is 12.5. The minimum atomic E-state index is -1.13. The SMILES string of the molecule is CCCCCCCCCCCCCCCCCCCCCCCCCCC(=O)NC(CO)C(O)C(O)CCCCCCCCCCCCCCCCCC. The zero-order valence-corrected chi connectivity index (χ0v) is 36.9. The molecular formula is C49H99NO4. The van der Waals surface area contributed by atoms with Gasteiger partial charge in [-0.2, -0.15) is 0 Å². The molecule has 4 N–H and O–H groups in total. The molecule has 0 saturated carbocycles. The summed E-state index contributed by atoms with van der Waals surface area (Å²) in [6.07, 6.45) is 52.3. The van der Waals surface area contributed by atoms with Crippen molar-refractivity contribution < 1.29 is 20.1 Å². The van der Waals surface area contributed by atoms with Gasteiger partial charge >= 0.3 is 0 Å². The first-order valence-electron chi connectivity index (χ1n) is 24.8. The average Bonchev–Trinajstić information content (AvgIpc) is 3.18. The van der Waals surface area contributed by atoms with Crippen LogP contribution in [0, 0.1) is 0 Å². The number of rotatable bonds is 46. The summed E-state index contributed by atoms with van der Waals surface area (Å²) in [6, 6.07) is -0.803. The monoisotopic (exact) mass is 766 g/mol. The van der Waals surface area contributed by atoms with Gasteiger partial charge in [0.05, 0.1) is 18.8 Å². The number of amides is 1. The summed E-state index contributed by atoms with van der Waals surface area (Å²) in [6.45, 7) is 4.21. The van der Waals surface area contributed by atoms with Gasteiger partial charge in [-0.1, -0.05) is 264 Å². The van der Waals surface area contributed by atoms with Crippen molar-refractivity contribution in [3.63, 3.8) is 0 Å². The van der Waals surface area contributed by atoms with E-state index in [9.17, 15) is 20.1 Å². The van der Waals surface area contributed by atoms with E-state index in [1.165, 1.54) is 225 Å². The Hall–Kier alpha value is -0.650. The molecule has 0 spiro atoms. The lowest BCUT2D eigenvalue weighted by Gasteiger charge is -2.26. The molecule has 1 amide bonds. The molecule has 54 heavy (non-hydrogen) atoms. The third-order valence-corrected chi connectivity index (χ3v) is 12.0. The van der Waals surface area contributed by atoms with Gasteiger partial charge in [-0.15, -0.1) is 0 Å². The summed E-state index contributed by atoms with van der Waals surface area (Å²) >= 11 is 0. The van der Waals surface area contributed by atoms with E-state index >= 15 is 0 Å². The van der Waals surface area contributed by atoms with Crippen molar-refractivity contribution in [3.8, 4) is 0 Å². The van der Waals surface area contributed by atoms with Crippen molar-refractivity contribution in [2.75, 3.05) is 6.61 Å². The third kappa shape index (κ3) is 39.6. The number of unbranched alkanes of at least 4 members (excludes halogenated alkanes) is 38. The standard InChI is InChI=1S/C49H99NO4/c1-3-5-7-9-11-13-15-17-19-21-22-23-24-25-26-27-28-30-32-34-36-38-40-42-44-48(53)50-46(45-51)49(54)47(52)43-41-39-37-35-33-31-29-20-18-16-14-12-10-8-6-4-2/h46-47,49,51-52,54H,3-45H2,1-2H3,(H,50,53). The van der Waals surface area contributed by atoms with Gasteiger partial charge in [0.1, 0.15) is 6.10 Å². The van der Waals surface area contributed by atoms with Crippen LogP contribution in [0.5, 0.6) is 0 Å². The van der Waals surface area contributed by atoms with Crippen LogP contribution < -0.4 is 5.32 Å². The Morgan fingerprint density at radius 3 is 0.889 bits per heavy atom. The second-order valence-corrected chi connectivity index (χ2v) is 17.4. The van der Waals surface area contributed by atoms with Crippen molar-refractivity contribution in [1.29, 1.82) is 0 Å². The van der Waals surface area contributed by atoms with Crippen LogP contribution in [0.1, 0.15) is 284 Å². The van der Waals surface area contributed by atoms with Gasteiger partial charge in [0.15, 0.2) is 0 Å². The van der Waals surface area contributed by atoms with E-state index in [0.717, 1.165) is 32.1 Å². The Kier molecular flexibility index (Phi) is 44.5. The largest absolute Gasteiger partial charge is 0.394 e. The number of carbonyl (C=O) groups excluding carboxylic acids is 1. The van der Waals surface area contributed by atoms with Crippen LogP contribution in [-0.2, 0) is 4.79 Å². The first-order chi connectivity index (χ1) is 26.6. The van der Waals surface area contributed by atoms with Gasteiger partial charge in [-0.3, -0.25) is 4.79 Å². The van der Waals surface area contributed by atoms with Gasteiger partial charge in [0, 0.05) is 6.42 Å². The Bertz CT molecular complexity index is 718. The molecule has 5 heteroatoms. The molecule has 3 atom stereocenters. The predicted molar refractivity (Wildman–Crippen MR) is 236 cm³/mol. The summed E-state index contributed by atoms with van der Waals surface area (Å²) in [4.78, 5) is 12.5. The highest BCUT2D eigenvalue weighted by atomic mass is 16.3. The van der Waals surface area contributed by atoms with Gasteiger partial charge in [-0.25, -0.2) is 0 Å². The lowest BCUT2D eigenvalue weighted by atomic mass is 9.99. The molecule has 324 valence electrons. The van der Waals surface area contributed by atoms with Crippen molar-refractivity contribution in [1.82, 2.24) is 5.32 Å². The van der Waals surface area contributed by atoms with Crippen LogP contribution >= 0.6 is 0 Å². The van der Waals surface area contributed by atoms with E-state index in [1.54, 1.807) is 0 Å². The van der Waals surface area contributed by atoms with Crippen LogP contribution in [0.15, 0.2) is 0 Å². The minimum Gasteiger partial charge on any atom is -0.394 e. The maximum absolute atomic E-state index is 12.5. The number of hydrogen-bond donors (Lipinski definition) is 4. The summed E-state index contributed by atoms with van der Waals surface area (Å²) in [5.74, 6) is -0.137. The molecule has 0 heterocycles. The molecule has 0 aliphatic rings. The summed E-state index contributed by atoms with van der Waals surface area (Å²) in [7, 11) is 0. The molecule has 3 unspecified atom stereocenters. The fourth-order valence-electron chi connectivity index (χ4n) is 8.11. The molecule has 0 aromatic rings. The molecule has 5 nitrogen and oxygen atoms in total. The molecule has 0 radical (unpaired) electrons. The van der Waals surface area contributed by atoms with E-state index in [1.807, 2.05) is 0 Å². The molecule has 0 saturated heterocycles. The van der Waals surface area contributed by atoms with Crippen molar-refractivity contribution in [2.45, 2.75) is 302 Å². The molecule has 0 aliphatic heterocycles. The highest BCUT2D eigenvalue weighted by Gasteiger charge is 2.26. The lowest BCUT2D eigenvalue weighted by molar-refractivity contribution is -0.124. The molecule has 0 aliphatic carbocycles. The summed E-state index contributed by atoms with van der Waals surface area (Å²) in [5.41, 5.74) is 0. The number of aliphatic hydroxyl groups is 3. The van der Waals surface area contributed by atoms with Crippen LogP contribution in [-0.4, -0.2) is 46.1 Å². The molecule has 0 rings (SSSR count). The normalized spacial score (nSPS) is 13.4. The Labute approximate surface area is 338 Å². The zero-order valence-electron chi connectivity index (χ0n) is 36.9. The predicted octanol–water partition coefficient (Wildman–Crippen LogP) is 14.6. The van der Waals surface area contributed by atoms with Crippen LogP contribution in [0.2, 0.25) is 0 Å². The molecule has 0 aromatic carbocycles. The van der Waals surface area contributed by atoms with Crippen molar-refractivity contribution >= 4 is 5.91 Å². The summed E-state index contributed by atoms with van der Waals surface area (Å²) in [5, 5.41) is 33.6. The second kappa shape index (κ2) is 45.1. The molecule has 0 fully saturated rings. The van der Waals surface area contributed by atoms with Crippen molar-refractivity contribution in [3.05, 3.63) is 0 Å². The highest BCUT2D eigenvalue weighted by molar-refractivity contribution is 5.76. The highest BCUT2D eigenvalue weighted by Crippen LogP contribution is 2.18. The van der Waals surface area contributed by atoms with E-state index in [0.29, 0.717) is 12.8 Å². The molecular weight excluding hydrogens is 667 g/mol. The van der Waals surface area contributed by atoms with Crippen LogP contribution in [0.4, 0.5) is 0 Å². The zero-order chi connectivity index (χ0) is 39.4. The Morgan fingerprint density at radius 2 is 0.630 bits per heavy atom. The lowest BCUT2D eigenvalue weighted by Crippen LogP contribution is -2.50. The van der Waals surface area contributed by atoms with E-state index < -0.39 is 18.2 Å². The van der Waals surface area contributed by atoms with E-state index in [4.69, 9.17) is 0 Å². The summed E-state index contributed by atoms with van der Waals surface area (Å²) < 4.78 is 0. The Balaban J connectivity index is 3.52. The van der Waals surface area contributed by atoms with Gasteiger partial charge in [0.2, 0.25) is 5.91 Å². The van der Waals surface area contributed by atoms with E-state index in [2.05, 4.69) is 19.2 Å². The number of carbonyl (C=O) groups is 1. The fraction of sp³-hybridized carbons (Fsp3) is 0.980. The minimum absolute atomic E-state index is 0.137. The first-order valence-corrected chi connectivity index (χ1v) is 24.8. The smallest absolute Gasteiger partial charge is 0.220 e. The van der Waals surface area contributed by atoms with Gasteiger partial charge in [0.25, 0.3) is 0 Å². The van der Waals surface area contributed by atoms with Crippen molar-refractivity contribution in [2.24, 2.45) is 0 Å². The number of hydrogen-bond acceptors (Lipinski definition) is 4. The number of nitrogens with one attached hydrogen (secondary N) is 1. The molecule has 0 bridgehead atoms. The average molecular weight is 766 g/mol. The van der Waals surface area contributed by atoms with Crippen LogP contribution in [0.3, 0.4) is 0 Å². The first kappa shape index (κ1) is 53.4.